The van der Waals surface area contributed by atoms with Crippen LogP contribution in [-0.4, -0.2) is 0 Å². The predicted molar refractivity (Wildman–Crippen MR) is 55.6 cm³/mol. The van der Waals surface area contributed by atoms with Crippen molar-refractivity contribution < 1.29 is 0 Å². The van der Waals surface area contributed by atoms with Crippen molar-refractivity contribution in [3.63, 3.8) is 0 Å². The van der Waals surface area contributed by atoms with Crippen LogP contribution in [0.5, 0.6) is 0 Å². The third-order valence-electron chi connectivity index (χ3n) is 2.46. The summed E-state index contributed by atoms with van der Waals surface area (Å²) in [4.78, 5) is 0. The van der Waals surface area contributed by atoms with Crippen LogP contribution in [0.2, 0.25) is 0 Å². The smallest absolute Gasteiger partial charge is 0.00840 e. The Kier molecular flexibility index (Phi) is 1.22. The van der Waals surface area contributed by atoms with E-state index >= 15 is 0 Å². The first-order valence-electron chi connectivity index (χ1n) is 4.39. The molecule has 1 aliphatic carbocycles. The van der Waals surface area contributed by atoms with Crippen LogP contribution in [0.3, 0.4) is 0 Å². The van der Waals surface area contributed by atoms with Crippen LogP contribution in [0.1, 0.15) is 16.7 Å². The maximum Gasteiger partial charge on any atom is 0.00840 e. The van der Waals surface area contributed by atoms with Crippen molar-refractivity contribution in [1.82, 2.24) is 5.32 Å². The van der Waals surface area contributed by atoms with E-state index in [9.17, 15) is 0 Å². The SMILES string of the molecule is C1=Cc2cccc3c2C(=CN1)C=C3. The van der Waals surface area contributed by atoms with Gasteiger partial charge in [0.1, 0.15) is 0 Å². The zero-order valence-electron chi connectivity index (χ0n) is 7.12. The van der Waals surface area contributed by atoms with Gasteiger partial charge >= 0.3 is 0 Å². The third kappa shape index (κ3) is 0.872. The van der Waals surface area contributed by atoms with Crippen LogP contribution >= 0.6 is 0 Å². The van der Waals surface area contributed by atoms with Gasteiger partial charge < -0.3 is 5.32 Å². The second-order valence-corrected chi connectivity index (χ2v) is 3.24. The molecule has 1 heterocycles. The maximum atomic E-state index is 3.13. The van der Waals surface area contributed by atoms with E-state index < -0.39 is 0 Å². The summed E-state index contributed by atoms with van der Waals surface area (Å²) in [5, 5.41) is 3.13. The largest absolute Gasteiger partial charge is 0.367 e. The first-order chi connectivity index (χ1) is 6.45. The minimum absolute atomic E-state index is 1.27. The zero-order chi connectivity index (χ0) is 8.67. The number of rotatable bonds is 0. The van der Waals surface area contributed by atoms with Gasteiger partial charge in [-0.25, -0.2) is 0 Å². The van der Waals surface area contributed by atoms with Crippen molar-refractivity contribution >= 4 is 17.7 Å². The second kappa shape index (κ2) is 2.36. The fourth-order valence-electron chi connectivity index (χ4n) is 1.86. The summed E-state index contributed by atoms with van der Waals surface area (Å²) in [6, 6.07) is 6.38. The van der Waals surface area contributed by atoms with Crippen LogP contribution in [-0.2, 0) is 0 Å². The molecule has 2 aliphatic rings. The van der Waals surface area contributed by atoms with Crippen molar-refractivity contribution in [2.75, 3.05) is 0 Å². The Morgan fingerprint density at radius 2 is 1.77 bits per heavy atom. The van der Waals surface area contributed by atoms with Gasteiger partial charge in [-0.15, -0.1) is 0 Å². The highest BCUT2D eigenvalue weighted by Crippen LogP contribution is 2.33. The normalized spacial score (nSPS) is 16.2. The molecule has 1 heteroatoms. The van der Waals surface area contributed by atoms with Crippen LogP contribution in [0.15, 0.2) is 36.7 Å². The Balaban J connectivity index is 2.39. The number of hydrogen-bond donors (Lipinski definition) is 1. The molecule has 0 saturated heterocycles. The highest BCUT2D eigenvalue weighted by molar-refractivity contribution is 5.94. The van der Waals surface area contributed by atoms with Gasteiger partial charge in [-0.2, -0.15) is 0 Å². The third-order valence-corrected chi connectivity index (χ3v) is 2.46. The zero-order valence-corrected chi connectivity index (χ0v) is 7.12. The summed E-state index contributed by atoms with van der Waals surface area (Å²) >= 11 is 0. The van der Waals surface area contributed by atoms with Crippen LogP contribution in [0, 0.1) is 0 Å². The average molecular weight is 167 g/mol. The van der Waals surface area contributed by atoms with Crippen LogP contribution in [0.25, 0.3) is 17.7 Å². The monoisotopic (exact) mass is 167 g/mol. The van der Waals surface area contributed by atoms with E-state index in [1.165, 1.54) is 22.3 Å². The highest BCUT2D eigenvalue weighted by atomic mass is 14.8. The summed E-state index contributed by atoms with van der Waals surface area (Å²) in [5.74, 6) is 0. The first kappa shape index (κ1) is 6.72. The molecule has 0 saturated carbocycles. The van der Waals surface area contributed by atoms with Crippen molar-refractivity contribution in [3.05, 3.63) is 53.4 Å². The average Bonchev–Trinajstić information content (AvgIpc) is 2.44. The molecule has 0 fully saturated rings. The number of benzene rings is 1. The number of allylic oxidation sites excluding steroid dienone is 2. The topological polar surface area (TPSA) is 12.0 Å². The standard InChI is InChI=1S/C12H9N/c1-2-9-4-5-11-8-13-7-6-10(3-1)12(9)11/h1-8,13H. The molecule has 62 valence electrons. The van der Waals surface area contributed by atoms with Gasteiger partial charge in [0.15, 0.2) is 0 Å². The summed E-state index contributed by atoms with van der Waals surface area (Å²) in [5.41, 5.74) is 5.23. The van der Waals surface area contributed by atoms with E-state index in [0.717, 1.165) is 0 Å². The van der Waals surface area contributed by atoms with Gasteiger partial charge in [0.2, 0.25) is 0 Å². The molecule has 0 atom stereocenters. The van der Waals surface area contributed by atoms with Gasteiger partial charge in [0, 0.05) is 12.4 Å². The van der Waals surface area contributed by atoms with E-state index in [2.05, 4.69) is 41.7 Å². The fraction of sp³-hybridized carbons (Fsp3) is 0. The molecule has 0 bridgehead atoms. The lowest BCUT2D eigenvalue weighted by molar-refractivity contribution is 1.22. The molecule has 0 unspecified atom stereocenters. The Labute approximate surface area is 77.1 Å². The summed E-state index contributed by atoms with van der Waals surface area (Å²) in [7, 11) is 0. The van der Waals surface area contributed by atoms with E-state index in [4.69, 9.17) is 0 Å². The molecular weight excluding hydrogens is 158 g/mol. The van der Waals surface area contributed by atoms with Gasteiger partial charge in [0.25, 0.3) is 0 Å². The van der Waals surface area contributed by atoms with Gasteiger partial charge in [0.05, 0.1) is 0 Å². The van der Waals surface area contributed by atoms with Crippen molar-refractivity contribution in [2.45, 2.75) is 0 Å². The number of nitrogens with one attached hydrogen (secondary N) is 1. The minimum Gasteiger partial charge on any atom is -0.367 e. The molecule has 13 heavy (non-hydrogen) atoms. The number of hydrogen-bond acceptors (Lipinski definition) is 1. The molecule has 1 aromatic carbocycles. The molecule has 1 aromatic rings. The fourth-order valence-corrected chi connectivity index (χ4v) is 1.86. The van der Waals surface area contributed by atoms with Crippen molar-refractivity contribution in [2.24, 2.45) is 0 Å². The quantitative estimate of drug-likeness (QED) is 0.626. The molecule has 3 rings (SSSR count). The van der Waals surface area contributed by atoms with Crippen molar-refractivity contribution in [1.29, 1.82) is 0 Å². The molecule has 1 N–H and O–H groups in total. The van der Waals surface area contributed by atoms with Gasteiger partial charge in [-0.05, 0) is 28.3 Å². The summed E-state index contributed by atoms with van der Waals surface area (Å²) in [6.45, 7) is 0. The van der Waals surface area contributed by atoms with Gasteiger partial charge in [-0.1, -0.05) is 30.4 Å². The molecule has 1 aliphatic heterocycles. The molecular formula is C12H9N. The highest BCUT2D eigenvalue weighted by Gasteiger charge is 2.13. The predicted octanol–water partition coefficient (Wildman–Crippen LogP) is 2.63. The lowest BCUT2D eigenvalue weighted by atomic mass is 10.0. The van der Waals surface area contributed by atoms with Crippen LogP contribution < -0.4 is 5.32 Å². The molecule has 0 radical (unpaired) electrons. The Bertz CT molecular complexity index is 450. The van der Waals surface area contributed by atoms with Crippen molar-refractivity contribution in [3.8, 4) is 0 Å². The summed E-state index contributed by atoms with van der Waals surface area (Å²) in [6.07, 6.45) is 10.4. The van der Waals surface area contributed by atoms with Crippen LogP contribution in [0.4, 0.5) is 0 Å². The molecule has 0 aromatic heterocycles. The Morgan fingerprint density at radius 1 is 0.923 bits per heavy atom. The Morgan fingerprint density at radius 3 is 2.69 bits per heavy atom. The summed E-state index contributed by atoms with van der Waals surface area (Å²) < 4.78 is 0. The molecule has 0 spiro atoms. The molecule has 0 amide bonds. The van der Waals surface area contributed by atoms with E-state index in [1.54, 1.807) is 0 Å². The maximum absolute atomic E-state index is 3.13. The van der Waals surface area contributed by atoms with Gasteiger partial charge in [-0.3, -0.25) is 0 Å². The lowest BCUT2D eigenvalue weighted by Crippen LogP contribution is -1.90. The van der Waals surface area contributed by atoms with E-state index in [-0.39, 0.29) is 0 Å². The first-order valence-corrected chi connectivity index (χ1v) is 4.39. The Hall–Kier alpha value is -1.76. The van der Waals surface area contributed by atoms with E-state index in [0.29, 0.717) is 0 Å². The second-order valence-electron chi connectivity index (χ2n) is 3.24. The minimum atomic E-state index is 1.27. The molecule has 1 nitrogen and oxygen atoms in total. The lowest BCUT2D eigenvalue weighted by Gasteiger charge is -2.03. The van der Waals surface area contributed by atoms with E-state index in [1.807, 2.05) is 12.4 Å².